The van der Waals surface area contributed by atoms with E-state index in [0.717, 1.165) is 0 Å². The summed E-state index contributed by atoms with van der Waals surface area (Å²) in [5.74, 6) is 0. The van der Waals surface area contributed by atoms with Crippen molar-refractivity contribution in [2.45, 2.75) is 17.4 Å². The topological polar surface area (TPSA) is 43.4 Å². The van der Waals surface area contributed by atoms with Crippen LogP contribution in [0.5, 0.6) is 0 Å². The molecule has 1 aliphatic rings. The van der Waals surface area contributed by atoms with E-state index in [4.69, 9.17) is 27.4 Å². The molecule has 0 fully saturated rings. The fraction of sp³-hybridized carbons (Fsp3) is 0.167. The molecule has 0 saturated carbocycles. The van der Waals surface area contributed by atoms with Crippen molar-refractivity contribution in [3.63, 3.8) is 0 Å². The van der Waals surface area contributed by atoms with E-state index in [0.29, 0.717) is 16.5 Å². The van der Waals surface area contributed by atoms with Crippen molar-refractivity contribution < 1.29 is 12.6 Å². The Labute approximate surface area is 116 Å². The van der Waals surface area contributed by atoms with Crippen LogP contribution in [0.1, 0.15) is 6.42 Å². The largest absolute Gasteiger partial charge is 0.297 e. The van der Waals surface area contributed by atoms with Gasteiger partial charge in [-0.1, -0.05) is 35.4 Å². The Bertz CT molecular complexity index is 588. The Balaban J connectivity index is 2.20. The fourth-order valence-corrected chi connectivity index (χ4v) is 2.93. The second-order valence-electron chi connectivity index (χ2n) is 3.71. The Morgan fingerprint density at radius 1 is 1.17 bits per heavy atom. The van der Waals surface area contributed by atoms with E-state index < -0.39 is 16.2 Å². The van der Waals surface area contributed by atoms with Crippen LogP contribution in [-0.2, 0) is 14.3 Å². The number of rotatable bonds is 3. The van der Waals surface area contributed by atoms with Gasteiger partial charge in [-0.3, -0.25) is 4.18 Å². The van der Waals surface area contributed by atoms with Crippen molar-refractivity contribution in [1.82, 2.24) is 0 Å². The van der Waals surface area contributed by atoms with Gasteiger partial charge in [-0.05, 0) is 36.8 Å². The highest BCUT2D eigenvalue weighted by Gasteiger charge is 2.24. The van der Waals surface area contributed by atoms with E-state index >= 15 is 0 Å². The molecule has 1 aromatic carbocycles. The van der Waals surface area contributed by atoms with Crippen LogP contribution in [0.25, 0.3) is 0 Å². The molecule has 6 heteroatoms. The minimum Gasteiger partial charge on any atom is -0.257 e. The zero-order valence-corrected chi connectivity index (χ0v) is 11.5. The quantitative estimate of drug-likeness (QED) is 0.803. The van der Waals surface area contributed by atoms with Crippen LogP contribution >= 0.6 is 23.2 Å². The summed E-state index contributed by atoms with van der Waals surface area (Å²) in [6.07, 6.45) is 4.96. The second kappa shape index (κ2) is 5.45. The normalized spacial score (nSPS) is 19.7. The lowest BCUT2D eigenvalue weighted by molar-refractivity contribution is 0.253. The molecule has 1 aromatic rings. The number of hydrogen-bond acceptors (Lipinski definition) is 3. The Morgan fingerprint density at radius 3 is 2.44 bits per heavy atom. The van der Waals surface area contributed by atoms with E-state index in [1.165, 1.54) is 24.3 Å². The Kier molecular flexibility index (Phi) is 4.12. The van der Waals surface area contributed by atoms with E-state index in [-0.39, 0.29) is 4.90 Å². The van der Waals surface area contributed by atoms with Crippen molar-refractivity contribution >= 4 is 33.3 Å². The number of benzene rings is 1. The summed E-state index contributed by atoms with van der Waals surface area (Å²) >= 11 is 11.6. The third-order valence-electron chi connectivity index (χ3n) is 2.39. The van der Waals surface area contributed by atoms with Crippen LogP contribution in [-0.4, -0.2) is 14.5 Å². The van der Waals surface area contributed by atoms with Gasteiger partial charge in [-0.25, -0.2) is 0 Å². The maximum atomic E-state index is 12.0. The van der Waals surface area contributed by atoms with Gasteiger partial charge in [0.25, 0.3) is 10.1 Å². The Hall–Kier alpha value is -0.810. The highest BCUT2D eigenvalue weighted by molar-refractivity contribution is 7.86. The highest BCUT2D eigenvalue weighted by Crippen LogP contribution is 2.25. The molecular weight excluding hydrogens is 295 g/mol. The average molecular weight is 305 g/mol. The predicted molar refractivity (Wildman–Crippen MR) is 71.2 cm³/mol. The zero-order chi connectivity index (χ0) is 13.2. The molecule has 0 spiro atoms. The molecule has 18 heavy (non-hydrogen) atoms. The molecule has 0 N–H and O–H groups in total. The molecule has 1 unspecified atom stereocenters. The first-order valence-electron chi connectivity index (χ1n) is 5.20. The number of halogens is 2. The van der Waals surface area contributed by atoms with Crippen LogP contribution in [0.3, 0.4) is 0 Å². The summed E-state index contributed by atoms with van der Waals surface area (Å²) in [7, 11) is -3.83. The van der Waals surface area contributed by atoms with Crippen LogP contribution in [0.15, 0.2) is 52.4 Å². The highest BCUT2D eigenvalue weighted by atomic mass is 35.5. The Morgan fingerprint density at radius 2 is 1.83 bits per heavy atom. The molecule has 3 nitrogen and oxygen atoms in total. The van der Waals surface area contributed by atoms with Gasteiger partial charge in [0.15, 0.2) is 0 Å². The molecule has 1 atom stereocenters. The second-order valence-corrected chi connectivity index (χ2v) is 6.15. The summed E-state index contributed by atoms with van der Waals surface area (Å²) in [6, 6.07) is 5.79. The minimum atomic E-state index is -3.83. The maximum absolute atomic E-state index is 12.0. The van der Waals surface area contributed by atoms with Crippen molar-refractivity contribution in [1.29, 1.82) is 0 Å². The van der Waals surface area contributed by atoms with Crippen molar-refractivity contribution in [2.75, 3.05) is 0 Å². The smallest absolute Gasteiger partial charge is 0.257 e. The molecular formula is C12H10Cl2O3S. The standard InChI is InChI=1S/C12H10Cl2O3S/c13-9-5-7-10(8-6-9)18(15,16)17-12-4-2-1-3-11(12)14/h1-3,5-8,12H,4H2. The van der Waals surface area contributed by atoms with E-state index in [1.807, 2.05) is 0 Å². The summed E-state index contributed by atoms with van der Waals surface area (Å²) < 4.78 is 29.1. The molecule has 0 bridgehead atoms. The first-order valence-corrected chi connectivity index (χ1v) is 7.36. The average Bonchev–Trinajstić information content (AvgIpc) is 2.32. The monoisotopic (exact) mass is 304 g/mol. The van der Waals surface area contributed by atoms with Gasteiger partial charge in [0.05, 0.1) is 4.90 Å². The molecule has 0 aliphatic heterocycles. The third kappa shape index (κ3) is 3.14. The summed E-state index contributed by atoms with van der Waals surface area (Å²) in [5.41, 5.74) is 0. The van der Waals surface area contributed by atoms with Crippen molar-refractivity contribution in [3.05, 3.63) is 52.5 Å². The van der Waals surface area contributed by atoms with Crippen molar-refractivity contribution in [3.8, 4) is 0 Å². The van der Waals surface area contributed by atoms with Gasteiger partial charge < -0.3 is 0 Å². The molecule has 0 aromatic heterocycles. The molecule has 1 aliphatic carbocycles. The van der Waals surface area contributed by atoms with Crippen molar-refractivity contribution in [2.24, 2.45) is 0 Å². The van der Waals surface area contributed by atoms with Gasteiger partial charge in [-0.15, -0.1) is 0 Å². The number of allylic oxidation sites excluding steroid dienone is 2. The maximum Gasteiger partial charge on any atom is 0.297 e. The van der Waals surface area contributed by atoms with Gasteiger partial charge >= 0.3 is 0 Å². The predicted octanol–water partition coefficient (Wildman–Crippen LogP) is 3.50. The molecule has 96 valence electrons. The van der Waals surface area contributed by atoms with Crippen LogP contribution in [0.4, 0.5) is 0 Å². The van der Waals surface area contributed by atoms with Crippen LogP contribution < -0.4 is 0 Å². The van der Waals surface area contributed by atoms with E-state index in [9.17, 15) is 8.42 Å². The molecule has 0 radical (unpaired) electrons. The van der Waals surface area contributed by atoms with E-state index in [1.54, 1.807) is 18.2 Å². The first kappa shape index (κ1) is 13.6. The lowest BCUT2D eigenvalue weighted by Crippen LogP contribution is -2.19. The SMILES string of the molecule is O=S(=O)(OC1CC=CC=C1Cl)c1ccc(Cl)cc1. The summed E-state index contributed by atoms with van der Waals surface area (Å²) in [5, 5.41) is 0.836. The molecule has 2 rings (SSSR count). The summed E-state index contributed by atoms with van der Waals surface area (Å²) in [6.45, 7) is 0. The molecule has 0 saturated heterocycles. The molecule has 0 amide bonds. The fourth-order valence-electron chi connectivity index (χ4n) is 1.48. The van der Waals surface area contributed by atoms with Crippen LogP contribution in [0, 0.1) is 0 Å². The van der Waals surface area contributed by atoms with Gasteiger partial charge in [0.1, 0.15) is 6.10 Å². The van der Waals surface area contributed by atoms with Gasteiger partial charge in [-0.2, -0.15) is 8.42 Å². The van der Waals surface area contributed by atoms with E-state index in [2.05, 4.69) is 0 Å². The number of hydrogen-bond donors (Lipinski definition) is 0. The lowest BCUT2D eigenvalue weighted by atomic mass is 10.1. The van der Waals surface area contributed by atoms with Crippen LogP contribution in [0.2, 0.25) is 5.02 Å². The summed E-state index contributed by atoms with van der Waals surface area (Å²) in [4.78, 5) is 0.0610. The van der Waals surface area contributed by atoms with Gasteiger partial charge in [0, 0.05) is 10.1 Å². The third-order valence-corrected chi connectivity index (χ3v) is 4.35. The molecule has 0 heterocycles. The van der Waals surface area contributed by atoms with Gasteiger partial charge in [0.2, 0.25) is 0 Å². The lowest BCUT2D eigenvalue weighted by Gasteiger charge is -2.17. The zero-order valence-electron chi connectivity index (χ0n) is 9.21. The minimum absolute atomic E-state index is 0.0610. The first-order chi connectivity index (χ1) is 8.49.